The number of H-pyrrole nitrogens is 1. The van der Waals surface area contributed by atoms with Gasteiger partial charge in [-0.3, -0.25) is 0 Å². The number of benzene rings is 1. The summed E-state index contributed by atoms with van der Waals surface area (Å²) in [4.78, 5) is 9.46. The average molecular weight is 244 g/mol. The van der Waals surface area contributed by atoms with E-state index in [2.05, 4.69) is 51.4 Å². The van der Waals surface area contributed by atoms with Crippen LogP contribution >= 0.6 is 0 Å². The largest absolute Gasteiger partial charge is 0.378 e. The normalized spacial score (nSPS) is 12.4. The van der Waals surface area contributed by atoms with Crippen molar-refractivity contribution in [3.8, 4) is 0 Å². The van der Waals surface area contributed by atoms with Gasteiger partial charge in [-0.25, -0.2) is 4.98 Å². The Labute approximate surface area is 108 Å². The van der Waals surface area contributed by atoms with E-state index in [9.17, 15) is 0 Å². The third-order valence-corrected chi connectivity index (χ3v) is 2.99. The molecule has 0 bridgehead atoms. The molecule has 1 unspecified atom stereocenters. The van der Waals surface area contributed by atoms with Crippen molar-refractivity contribution in [1.29, 1.82) is 0 Å². The Bertz CT molecular complexity index is 459. The van der Waals surface area contributed by atoms with Gasteiger partial charge in [0.1, 0.15) is 5.82 Å². The first kappa shape index (κ1) is 12.6. The highest BCUT2D eigenvalue weighted by molar-refractivity contribution is 5.45. The van der Waals surface area contributed by atoms with Gasteiger partial charge in [0, 0.05) is 38.7 Å². The van der Waals surface area contributed by atoms with Gasteiger partial charge in [-0.1, -0.05) is 12.1 Å². The van der Waals surface area contributed by atoms with Crippen molar-refractivity contribution >= 4 is 5.69 Å². The zero-order valence-corrected chi connectivity index (χ0v) is 11.1. The van der Waals surface area contributed by atoms with Crippen molar-refractivity contribution in [3.63, 3.8) is 0 Å². The molecule has 0 amide bonds. The predicted octanol–water partition coefficient (Wildman–Crippen LogP) is 2.33. The molecule has 2 N–H and O–H groups in total. The molecule has 0 aliphatic rings. The molecule has 1 aromatic heterocycles. The molecule has 1 heterocycles. The first-order valence-electron chi connectivity index (χ1n) is 6.16. The van der Waals surface area contributed by atoms with Gasteiger partial charge in [-0.05, 0) is 24.6 Å². The highest BCUT2D eigenvalue weighted by atomic mass is 15.1. The van der Waals surface area contributed by atoms with Gasteiger partial charge in [0.05, 0.1) is 6.04 Å². The van der Waals surface area contributed by atoms with E-state index < -0.39 is 0 Å². The lowest BCUT2D eigenvalue weighted by molar-refractivity contribution is 0.551. The topological polar surface area (TPSA) is 44.0 Å². The summed E-state index contributed by atoms with van der Waals surface area (Å²) in [5.74, 6) is 0.972. The maximum absolute atomic E-state index is 4.24. The average Bonchev–Trinajstić information content (AvgIpc) is 2.90. The van der Waals surface area contributed by atoms with Gasteiger partial charge in [0.2, 0.25) is 0 Å². The zero-order chi connectivity index (χ0) is 13.0. The van der Waals surface area contributed by atoms with Crippen LogP contribution in [0.4, 0.5) is 5.69 Å². The molecule has 1 atom stereocenters. The van der Waals surface area contributed by atoms with Crippen molar-refractivity contribution in [1.82, 2.24) is 15.3 Å². The third-order valence-electron chi connectivity index (χ3n) is 2.99. The van der Waals surface area contributed by atoms with Crippen LogP contribution in [0.15, 0.2) is 36.7 Å². The van der Waals surface area contributed by atoms with E-state index in [0.29, 0.717) is 0 Å². The Morgan fingerprint density at radius 3 is 2.56 bits per heavy atom. The molecule has 2 aromatic rings. The van der Waals surface area contributed by atoms with Crippen LogP contribution in [-0.2, 0) is 6.54 Å². The minimum absolute atomic E-state index is 0.230. The summed E-state index contributed by atoms with van der Waals surface area (Å²) in [5, 5.41) is 3.44. The number of anilines is 1. The molecule has 0 aliphatic heterocycles. The SMILES string of the molecule is CC(NCc1ccc(N(C)C)cc1)c1ncc[nH]1. The van der Waals surface area contributed by atoms with Crippen LogP contribution in [0.25, 0.3) is 0 Å². The van der Waals surface area contributed by atoms with E-state index >= 15 is 0 Å². The van der Waals surface area contributed by atoms with Crippen LogP contribution in [0.1, 0.15) is 24.4 Å². The number of aromatic nitrogens is 2. The number of imidazole rings is 1. The van der Waals surface area contributed by atoms with Crippen LogP contribution < -0.4 is 10.2 Å². The predicted molar refractivity (Wildman–Crippen MR) is 74.6 cm³/mol. The minimum atomic E-state index is 0.230. The molecule has 2 rings (SSSR count). The molecular weight excluding hydrogens is 224 g/mol. The minimum Gasteiger partial charge on any atom is -0.378 e. The van der Waals surface area contributed by atoms with Crippen molar-refractivity contribution in [3.05, 3.63) is 48.0 Å². The van der Waals surface area contributed by atoms with E-state index in [1.54, 1.807) is 6.20 Å². The summed E-state index contributed by atoms with van der Waals surface area (Å²) in [5.41, 5.74) is 2.50. The first-order valence-corrected chi connectivity index (χ1v) is 6.16. The number of rotatable bonds is 5. The highest BCUT2D eigenvalue weighted by Crippen LogP contribution is 2.13. The number of nitrogens with one attached hydrogen (secondary N) is 2. The van der Waals surface area contributed by atoms with Gasteiger partial charge in [-0.15, -0.1) is 0 Å². The lowest BCUT2D eigenvalue weighted by atomic mass is 10.2. The summed E-state index contributed by atoms with van der Waals surface area (Å²) < 4.78 is 0. The quantitative estimate of drug-likeness (QED) is 0.848. The molecule has 18 heavy (non-hydrogen) atoms. The van der Waals surface area contributed by atoms with Crippen molar-refractivity contribution in [2.45, 2.75) is 19.5 Å². The molecule has 0 aliphatic carbocycles. The standard InChI is InChI=1S/C14H20N4/c1-11(14-15-8-9-16-14)17-10-12-4-6-13(7-5-12)18(2)3/h4-9,11,17H,10H2,1-3H3,(H,15,16). The van der Waals surface area contributed by atoms with Crippen LogP contribution in [-0.4, -0.2) is 24.1 Å². The van der Waals surface area contributed by atoms with E-state index in [0.717, 1.165) is 12.4 Å². The summed E-state index contributed by atoms with van der Waals surface area (Å²) in [6.07, 6.45) is 3.62. The van der Waals surface area contributed by atoms with Gasteiger partial charge < -0.3 is 15.2 Å². The van der Waals surface area contributed by atoms with E-state index in [4.69, 9.17) is 0 Å². The number of hydrogen-bond acceptors (Lipinski definition) is 3. The second kappa shape index (κ2) is 5.69. The highest BCUT2D eigenvalue weighted by Gasteiger charge is 2.06. The third kappa shape index (κ3) is 3.11. The molecule has 0 radical (unpaired) electrons. The Morgan fingerprint density at radius 1 is 1.28 bits per heavy atom. The maximum atomic E-state index is 4.24. The van der Waals surface area contributed by atoms with Crippen molar-refractivity contribution < 1.29 is 0 Å². The van der Waals surface area contributed by atoms with E-state index in [1.165, 1.54) is 11.3 Å². The van der Waals surface area contributed by atoms with Crippen LogP contribution in [0.3, 0.4) is 0 Å². The van der Waals surface area contributed by atoms with Crippen LogP contribution in [0.5, 0.6) is 0 Å². The smallest absolute Gasteiger partial charge is 0.122 e. The van der Waals surface area contributed by atoms with Crippen LogP contribution in [0, 0.1) is 0 Å². The monoisotopic (exact) mass is 244 g/mol. The Morgan fingerprint density at radius 2 is 2.00 bits per heavy atom. The molecule has 1 aromatic carbocycles. The Balaban J connectivity index is 1.90. The number of hydrogen-bond donors (Lipinski definition) is 2. The van der Waals surface area contributed by atoms with E-state index in [-0.39, 0.29) is 6.04 Å². The molecular formula is C14H20N4. The lowest BCUT2D eigenvalue weighted by Crippen LogP contribution is -2.19. The second-order valence-electron chi connectivity index (χ2n) is 4.64. The number of aromatic amines is 1. The van der Waals surface area contributed by atoms with Crippen molar-refractivity contribution in [2.24, 2.45) is 0 Å². The first-order chi connectivity index (χ1) is 8.66. The summed E-state index contributed by atoms with van der Waals surface area (Å²) in [6, 6.07) is 8.80. The molecule has 0 saturated carbocycles. The second-order valence-corrected chi connectivity index (χ2v) is 4.64. The Hall–Kier alpha value is -1.81. The van der Waals surface area contributed by atoms with Crippen molar-refractivity contribution in [2.75, 3.05) is 19.0 Å². The molecule has 4 heteroatoms. The van der Waals surface area contributed by atoms with Crippen LogP contribution in [0.2, 0.25) is 0 Å². The molecule has 4 nitrogen and oxygen atoms in total. The fourth-order valence-corrected chi connectivity index (χ4v) is 1.79. The fourth-order valence-electron chi connectivity index (χ4n) is 1.79. The molecule has 0 saturated heterocycles. The lowest BCUT2D eigenvalue weighted by Gasteiger charge is -2.14. The molecule has 0 spiro atoms. The zero-order valence-electron chi connectivity index (χ0n) is 11.1. The summed E-state index contributed by atoms with van der Waals surface area (Å²) in [6.45, 7) is 2.95. The number of nitrogens with zero attached hydrogens (tertiary/aromatic N) is 2. The van der Waals surface area contributed by atoms with E-state index in [1.807, 2.05) is 20.3 Å². The Kier molecular flexibility index (Phi) is 3.99. The molecule has 0 fully saturated rings. The van der Waals surface area contributed by atoms with Gasteiger partial charge >= 0.3 is 0 Å². The molecule has 96 valence electrons. The summed E-state index contributed by atoms with van der Waals surface area (Å²) >= 11 is 0. The summed E-state index contributed by atoms with van der Waals surface area (Å²) in [7, 11) is 4.10. The fraction of sp³-hybridized carbons (Fsp3) is 0.357. The maximum Gasteiger partial charge on any atom is 0.122 e. The van der Waals surface area contributed by atoms with Gasteiger partial charge in [0.25, 0.3) is 0 Å². The van der Waals surface area contributed by atoms with Gasteiger partial charge in [0.15, 0.2) is 0 Å². The van der Waals surface area contributed by atoms with Gasteiger partial charge in [-0.2, -0.15) is 0 Å².